The Morgan fingerprint density at radius 3 is 2.07 bits per heavy atom. The number of hydrogen-bond donors (Lipinski definition) is 1. The molecule has 0 fully saturated rings. The lowest BCUT2D eigenvalue weighted by atomic mass is 10.1. The van der Waals surface area contributed by atoms with Crippen molar-refractivity contribution in [2.45, 2.75) is 20.1 Å². The summed E-state index contributed by atoms with van der Waals surface area (Å²) in [5.41, 5.74) is 3.38. The lowest BCUT2D eigenvalue weighted by molar-refractivity contribution is -0.123. The standard InChI is InChI=1S/C23H23NO3/c1-18-7-9-19(10-8-18)15-24-23(25)17-27-22-13-11-21(12-14-22)26-16-20-5-3-2-4-6-20/h2-14H,15-17H2,1H3,(H,24,25). The molecule has 0 aliphatic heterocycles. The molecule has 0 radical (unpaired) electrons. The van der Waals surface area contributed by atoms with Gasteiger partial charge in [0, 0.05) is 6.54 Å². The fourth-order valence-corrected chi connectivity index (χ4v) is 2.48. The zero-order valence-corrected chi connectivity index (χ0v) is 15.4. The van der Waals surface area contributed by atoms with E-state index in [0.29, 0.717) is 18.9 Å². The Morgan fingerprint density at radius 2 is 1.41 bits per heavy atom. The first kappa shape index (κ1) is 18.5. The van der Waals surface area contributed by atoms with E-state index < -0.39 is 0 Å². The van der Waals surface area contributed by atoms with Crippen LogP contribution in [-0.4, -0.2) is 12.5 Å². The fourth-order valence-electron chi connectivity index (χ4n) is 2.48. The highest BCUT2D eigenvalue weighted by molar-refractivity contribution is 5.77. The molecular formula is C23H23NO3. The van der Waals surface area contributed by atoms with E-state index in [1.807, 2.05) is 73.7 Å². The number of rotatable bonds is 8. The van der Waals surface area contributed by atoms with E-state index in [9.17, 15) is 4.79 Å². The molecule has 4 nitrogen and oxygen atoms in total. The molecule has 4 heteroatoms. The second-order valence-electron chi connectivity index (χ2n) is 6.30. The first-order chi connectivity index (χ1) is 13.2. The van der Waals surface area contributed by atoms with Crippen molar-refractivity contribution in [1.29, 1.82) is 0 Å². The van der Waals surface area contributed by atoms with Crippen molar-refractivity contribution in [1.82, 2.24) is 5.32 Å². The van der Waals surface area contributed by atoms with E-state index in [4.69, 9.17) is 9.47 Å². The van der Waals surface area contributed by atoms with Gasteiger partial charge in [-0.1, -0.05) is 60.2 Å². The summed E-state index contributed by atoms with van der Waals surface area (Å²) < 4.78 is 11.3. The molecule has 0 atom stereocenters. The number of nitrogens with one attached hydrogen (secondary N) is 1. The van der Waals surface area contributed by atoms with Crippen LogP contribution < -0.4 is 14.8 Å². The maximum Gasteiger partial charge on any atom is 0.258 e. The molecule has 0 aliphatic carbocycles. The minimum atomic E-state index is -0.153. The SMILES string of the molecule is Cc1ccc(CNC(=O)COc2ccc(OCc3ccccc3)cc2)cc1. The Balaban J connectivity index is 1.40. The van der Waals surface area contributed by atoms with E-state index in [2.05, 4.69) is 5.32 Å². The molecule has 0 aliphatic rings. The van der Waals surface area contributed by atoms with Gasteiger partial charge in [0.1, 0.15) is 18.1 Å². The topological polar surface area (TPSA) is 47.6 Å². The van der Waals surface area contributed by atoms with Crippen LogP contribution in [0.2, 0.25) is 0 Å². The van der Waals surface area contributed by atoms with Gasteiger partial charge in [0.25, 0.3) is 5.91 Å². The first-order valence-electron chi connectivity index (χ1n) is 8.91. The van der Waals surface area contributed by atoms with E-state index in [1.165, 1.54) is 5.56 Å². The second-order valence-corrected chi connectivity index (χ2v) is 6.30. The zero-order chi connectivity index (χ0) is 18.9. The maximum absolute atomic E-state index is 11.9. The van der Waals surface area contributed by atoms with Gasteiger partial charge in [0.15, 0.2) is 6.61 Å². The Morgan fingerprint density at radius 1 is 0.778 bits per heavy atom. The van der Waals surface area contributed by atoms with Crippen LogP contribution in [0.1, 0.15) is 16.7 Å². The van der Waals surface area contributed by atoms with Crippen molar-refractivity contribution in [2.24, 2.45) is 0 Å². The third kappa shape index (κ3) is 6.19. The summed E-state index contributed by atoms with van der Waals surface area (Å²) in [7, 11) is 0. The Labute approximate surface area is 159 Å². The number of aryl methyl sites for hydroxylation is 1. The van der Waals surface area contributed by atoms with E-state index in [0.717, 1.165) is 16.9 Å². The number of carbonyl (C=O) groups is 1. The normalized spacial score (nSPS) is 10.3. The van der Waals surface area contributed by atoms with Crippen LogP contribution in [0.5, 0.6) is 11.5 Å². The number of benzene rings is 3. The summed E-state index contributed by atoms with van der Waals surface area (Å²) in [6.07, 6.45) is 0. The van der Waals surface area contributed by atoms with Crippen molar-refractivity contribution in [2.75, 3.05) is 6.61 Å². The molecule has 3 aromatic carbocycles. The van der Waals surface area contributed by atoms with E-state index in [1.54, 1.807) is 12.1 Å². The number of hydrogen-bond acceptors (Lipinski definition) is 3. The molecule has 0 bridgehead atoms. The van der Waals surface area contributed by atoms with Crippen molar-refractivity contribution in [3.8, 4) is 11.5 Å². The zero-order valence-electron chi connectivity index (χ0n) is 15.4. The highest BCUT2D eigenvalue weighted by Gasteiger charge is 2.04. The lowest BCUT2D eigenvalue weighted by Gasteiger charge is -2.09. The average Bonchev–Trinajstić information content (AvgIpc) is 2.72. The number of carbonyl (C=O) groups excluding carboxylic acids is 1. The molecule has 1 N–H and O–H groups in total. The molecule has 27 heavy (non-hydrogen) atoms. The largest absolute Gasteiger partial charge is 0.489 e. The fraction of sp³-hybridized carbons (Fsp3) is 0.174. The Kier molecular flexibility index (Phi) is 6.47. The minimum Gasteiger partial charge on any atom is -0.489 e. The average molecular weight is 361 g/mol. The van der Waals surface area contributed by atoms with Crippen LogP contribution in [0.3, 0.4) is 0 Å². The maximum atomic E-state index is 11.9. The van der Waals surface area contributed by atoms with Crippen molar-refractivity contribution in [3.05, 3.63) is 95.6 Å². The van der Waals surface area contributed by atoms with Gasteiger partial charge in [0.05, 0.1) is 0 Å². The van der Waals surface area contributed by atoms with Gasteiger partial charge in [-0.25, -0.2) is 0 Å². The predicted molar refractivity (Wildman–Crippen MR) is 106 cm³/mol. The van der Waals surface area contributed by atoms with E-state index >= 15 is 0 Å². The van der Waals surface area contributed by atoms with Crippen molar-refractivity contribution in [3.63, 3.8) is 0 Å². The smallest absolute Gasteiger partial charge is 0.258 e. The van der Waals surface area contributed by atoms with Gasteiger partial charge in [-0.05, 0) is 42.3 Å². The third-order valence-electron chi connectivity index (χ3n) is 4.05. The molecule has 138 valence electrons. The summed E-state index contributed by atoms with van der Waals surface area (Å²) in [6.45, 7) is 3.03. The van der Waals surface area contributed by atoms with Crippen LogP contribution in [0.25, 0.3) is 0 Å². The van der Waals surface area contributed by atoms with Crippen LogP contribution in [0.4, 0.5) is 0 Å². The summed E-state index contributed by atoms with van der Waals surface area (Å²) >= 11 is 0. The van der Waals surface area contributed by atoms with Crippen LogP contribution >= 0.6 is 0 Å². The highest BCUT2D eigenvalue weighted by atomic mass is 16.5. The van der Waals surface area contributed by atoms with Crippen molar-refractivity contribution >= 4 is 5.91 Å². The molecular weight excluding hydrogens is 338 g/mol. The Bertz CT molecular complexity index is 843. The summed E-state index contributed by atoms with van der Waals surface area (Å²) in [4.78, 5) is 11.9. The van der Waals surface area contributed by atoms with Crippen LogP contribution in [0, 0.1) is 6.92 Å². The molecule has 0 heterocycles. The van der Waals surface area contributed by atoms with Gasteiger partial charge < -0.3 is 14.8 Å². The first-order valence-corrected chi connectivity index (χ1v) is 8.91. The molecule has 3 aromatic rings. The Hall–Kier alpha value is -3.27. The monoisotopic (exact) mass is 361 g/mol. The third-order valence-corrected chi connectivity index (χ3v) is 4.05. The van der Waals surface area contributed by atoms with E-state index in [-0.39, 0.29) is 12.5 Å². The summed E-state index contributed by atoms with van der Waals surface area (Å²) in [5.74, 6) is 1.24. The molecule has 3 rings (SSSR count). The van der Waals surface area contributed by atoms with Gasteiger partial charge in [-0.2, -0.15) is 0 Å². The molecule has 0 aromatic heterocycles. The molecule has 0 saturated heterocycles. The van der Waals surface area contributed by atoms with Gasteiger partial charge in [-0.3, -0.25) is 4.79 Å². The second kappa shape index (κ2) is 9.43. The van der Waals surface area contributed by atoms with Crippen LogP contribution in [0.15, 0.2) is 78.9 Å². The molecule has 0 saturated carbocycles. The van der Waals surface area contributed by atoms with Gasteiger partial charge in [-0.15, -0.1) is 0 Å². The summed E-state index contributed by atoms with van der Waals surface area (Å²) in [6, 6.07) is 25.3. The molecule has 0 unspecified atom stereocenters. The van der Waals surface area contributed by atoms with Gasteiger partial charge >= 0.3 is 0 Å². The summed E-state index contributed by atoms with van der Waals surface area (Å²) in [5, 5.41) is 2.85. The number of ether oxygens (including phenoxy) is 2. The van der Waals surface area contributed by atoms with Crippen molar-refractivity contribution < 1.29 is 14.3 Å². The number of amides is 1. The quantitative estimate of drug-likeness (QED) is 0.652. The molecule has 1 amide bonds. The highest BCUT2D eigenvalue weighted by Crippen LogP contribution is 2.18. The van der Waals surface area contributed by atoms with Crippen LogP contribution in [-0.2, 0) is 17.9 Å². The molecule has 0 spiro atoms. The predicted octanol–water partition coefficient (Wildman–Crippen LogP) is 4.27. The lowest BCUT2D eigenvalue weighted by Crippen LogP contribution is -2.28. The minimum absolute atomic E-state index is 0.0178. The van der Waals surface area contributed by atoms with Gasteiger partial charge in [0.2, 0.25) is 0 Å².